The first kappa shape index (κ1) is 13.7. The van der Waals surface area contributed by atoms with E-state index in [1.165, 1.54) is 0 Å². The molecule has 0 aliphatic rings. The molecule has 0 bridgehead atoms. The molecule has 1 aromatic rings. The third-order valence-corrected chi connectivity index (χ3v) is 2.71. The van der Waals surface area contributed by atoms with Gasteiger partial charge in [0.05, 0.1) is 7.11 Å². The fourth-order valence-electron chi connectivity index (χ4n) is 1.81. The number of aryl methyl sites for hydroxylation is 1. The SMILES string of the molecule is CNCCCC(=O)Cc1cc(C)ccc1OC. The summed E-state index contributed by atoms with van der Waals surface area (Å²) >= 11 is 0. The third-order valence-electron chi connectivity index (χ3n) is 2.71. The second-order valence-electron chi connectivity index (χ2n) is 4.24. The van der Waals surface area contributed by atoms with E-state index in [0.717, 1.165) is 29.8 Å². The number of ketones is 1. The molecule has 3 heteroatoms. The van der Waals surface area contributed by atoms with Crippen LogP contribution in [0.5, 0.6) is 5.75 Å². The number of benzene rings is 1. The maximum atomic E-state index is 11.8. The lowest BCUT2D eigenvalue weighted by Crippen LogP contribution is -2.11. The minimum atomic E-state index is 0.268. The van der Waals surface area contributed by atoms with Crippen molar-refractivity contribution in [3.63, 3.8) is 0 Å². The van der Waals surface area contributed by atoms with Crippen molar-refractivity contribution >= 4 is 5.78 Å². The maximum Gasteiger partial charge on any atom is 0.137 e. The molecular weight excluding hydrogens is 214 g/mol. The summed E-state index contributed by atoms with van der Waals surface area (Å²) < 4.78 is 5.26. The van der Waals surface area contributed by atoms with Crippen molar-refractivity contribution in [2.45, 2.75) is 26.2 Å². The molecule has 1 rings (SSSR count). The molecule has 0 aliphatic heterocycles. The molecule has 94 valence electrons. The summed E-state index contributed by atoms with van der Waals surface area (Å²) in [5.41, 5.74) is 2.14. The van der Waals surface area contributed by atoms with Crippen LogP contribution in [0.2, 0.25) is 0 Å². The summed E-state index contributed by atoms with van der Waals surface area (Å²) in [6, 6.07) is 5.94. The topological polar surface area (TPSA) is 38.3 Å². The first-order valence-electron chi connectivity index (χ1n) is 5.97. The highest BCUT2D eigenvalue weighted by atomic mass is 16.5. The summed E-state index contributed by atoms with van der Waals surface area (Å²) in [7, 11) is 3.54. The van der Waals surface area contributed by atoms with Gasteiger partial charge in [0.1, 0.15) is 11.5 Å². The molecular formula is C14H21NO2. The molecule has 3 nitrogen and oxygen atoms in total. The normalized spacial score (nSPS) is 10.3. The van der Waals surface area contributed by atoms with Crippen LogP contribution in [0.3, 0.4) is 0 Å². The standard InChI is InChI=1S/C14H21NO2/c1-11-6-7-14(17-3)12(9-11)10-13(16)5-4-8-15-2/h6-7,9,15H,4-5,8,10H2,1-3H3. The van der Waals surface area contributed by atoms with Gasteiger partial charge < -0.3 is 10.1 Å². The number of nitrogens with one attached hydrogen (secondary N) is 1. The quantitative estimate of drug-likeness (QED) is 0.736. The molecule has 0 atom stereocenters. The largest absolute Gasteiger partial charge is 0.496 e. The Bertz CT molecular complexity index is 374. The predicted molar refractivity (Wildman–Crippen MR) is 69.6 cm³/mol. The van der Waals surface area contributed by atoms with Crippen LogP contribution in [-0.2, 0) is 11.2 Å². The molecule has 0 amide bonds. The zero-order chi connectivity index (χ0) is 12.7. The van der Waals surface area contributed by atoms with E-state index in [-0.39, 0.29) is 5.78 Å². The Morgan fingerprint density at radius 3 is 2.82 bits per heavy atom. The minimum Gasteiger partial charge on any atom is -0.496 e. The van der Waals surface area contributed by atoms with E-state index < -0.39 is 0 Å². The van der Waals surface area contributed by atoms with Crippen molar-refractivity contribution in [3.8, 4) is 5.75 Å². The summed E-state index contributed by atoms with van der Waals surface area (Å²) in [5, 5.41) is 3.04. The lowest BCUT2D eigenvalue weighted by Gasteiger charge is -2.08. The number of carbonyl (C=O) groups is 1. The van der Waals surface area contributed by atoms with Gasteiger partial charge in [-0.25, -0.2) is 0 Å². The second-order valence-corrected chi connectivity index (χ2v) is 4.24. The Kier molecular flexibility index (Phi) is 5.70. The van der Waals surface area contributed by atoms with E-state index in [1.54, 1.807) is 7.11 Å². The van der Waals surface area contributed by atoms with E-state index in [1.807, 2.05) is 32.2 Å². The van der Waals surface area contributed by atoms with Crippen LogP contribution in [0.15, 0.2) is 18.2 Å². The van der Waals surface area contributed by atoms with Crippen LogP contribution < -0.4 is 10.1 Å². The molecule has 0 heterocycles. The van der Waals surface area contributed by atoms with Gasteiger partial charge in [0, 0.05) is 18.4 Å². The highest BCUT2D eigenvalue weighted by molar-refractivity contribution is 5.81. The van der Waals surface area contributed by atoms with E-state index >= 15 is 0 Å². The van der Waals surface area contributed by atoms with Gasteiger partial charge in [0.25, 0.3) is 0 Å². The Hall–Kier alpha value is -1.35. The van der Waals surface area contributed by atoms with Gasteiger partial charge in [-0.1, -0.05) is 17.7 Å². The van der Waals surface area contributed by atoms with Gasteiger partial charge in [0.2, 0.25) is 0 Å². The van der Waals surface area contributed by atoms with Crippen LogP contribution in [0.25, 0.3) is 0 Å². The van der Waals surface area contributed by atoms with Crippen molar-refractivity contribution < 1.29 is 9.53 Å². The molecule has 1 N–H and O–H groups in total. The Morgan fingerprint density at radius 2 is 2.18 bits per heavy atom. The monoisotopic (exact) mass is 235 g/mol. The number of methoxy groups -OCH3 is 1. The van der Waals surface area contributed by atoms with Crippen molar-refractivity contribution in [1.82, 2.24) is 5.32 Å². The summed E-state index contributed by atoms with van der Waals surface area (Å²) in [6.07, 6.45) is 1.98. The molecule has 0 aliphatic carbocycles. The molecule has 0 saturated carbocycles. The van der Waals surface area contributed by atoms with Crippen molar-refractivity contribution in [1.29, 1.82) is 0 Å². The Balaban J connectivity index is 2.60. The molecule has 17 heavy (non-hydrogen) atoms. The Labute approximate surface area is 103 Å². The van der Waals surface area contributed by atoms with E-state index in [2.05, 4.69) is 5.32 Å². The zero-order valence-electron chi connectivity index (χ0n) is 10.9. The van der Waals surface area contributed by atoms with Gasteiger partial charge in [-0.15, -0.1) is 0 Å². The van der Waals surface area contributed by atoms with Gasteiger partial charge in [-0.2, -0.15) is 0 Å². The molecule has 0 fully saturated rings. The summed E-state index contributed by atoms with van der Waals surface area (Å²) in [6.45, 7) is 2.91. The number of hydrogen-bond donors (Lipinski definition) is 1. The highest BCUT2D eigenvalue weighted by Gasteiger charge is 2.08. The van der Waals surface area contributed by atoms with Crippen molar-refractivity contribution in [2.75, 3.05) is 20.7 Å². The lowest BCUT2D eigenvalue weighted by atomic mass is 10.0. The number of Topliss-reactive ketones (excluding diaryl/α,β-unsaturated/α-hetero) is 1. The molecule has 1 aromatic carbocycles. The fourth-order valence-corrected chi connectivity index (χ4v) is 1.81. The van der Waals surface area contributed by atoms with Crippen LogP contribution in [0.1, 0.15) is 24.0 Å². The molecule has 0 spiro atoms. The molecule has 0 unspecified atom stereocenters. The molecule has 0 aromatic heterocycles. The van der Waals surface area contributed by atoms with Crippen LogP contribution in [-0.4, -0.2) is 26.5 Å². The zero-order valence-corrected chi connectivity index (χ0v) is 10.9. The number of carbonyl (C=O) groups excluding carboxylic acids is 1. The first-order chi connectivity index (χ1) is 8.17. The number of hydrogen-bond acceptors (Lipinski definition) is 3. The Morgan fingerprint density at radius 1 is 1.41 bits per heavy atom. The van der Waals surface area contributed by atoms with Crippen LogP contribution in [0, 0.1) is 6.92 Å². The minimum absolute atomic E-state index is 0.268. The second kappa shape index (κ2) is 7.07. The fraction of sp³-hybridized carbons (Fsp3) is 0.500. The van der Waals surface area contributed by atoms with Gasteiger partial charge in [0.15, 0.2) is 0 Å². The highest BCUT2D eigenvalue weighted by Crippen LogP contribution is 2.20. The van der Waals surface area contributed by atoms with Crippen molar-refractivity contribution in [3.05, 3.63) is 29.3 Å². The summed E-state index contributed by atoms with van der Waals surface area (Å²) in [5.74, 6) is 1.07. The third kappa shape index (κ3) is 4.57. The maximum absolute atomic E-state index is 11.8. The first-order valence-corrected chi connectivity index (χ1v) is 5.97. The smallest absolute Gasteiger partial charge is 0.137 e. The van der Waals surface area contributed by atoms with Gasteiger partial charge in [-0.05, 0) is 33.0 Å². The van der Waals surface area contributed by atoms with Crippen LogP contribution >= 0.6 is 0 Å². The van der Waals surface area contributed by atoms with Gasteiger partial charge in [-0.3, -0.25) is 4.79 Å². The van der Waals surface area contributed by atoms with Gasteiger partial charge >= 0.3 is 0 Å². The number of rotatable bonds is 7. The van der Waals surface area contributed by atoms with E-state index in [9.17, 15) is 4.79 Å². The van der Waals surface area contributed by atoms with E-state index in [0.29, 0.717) is 12.8 Å². The molecule has 0 saturated heterocycles. The predicted octanol–water partition coefficient (Wildman–Crippen LogP) is 2.11. The van der Waals surface area contributed by atoms with Crippen LogP contribution in [0.4, 0.5) is 0 Å². The average molecular weight is 235 g/mol. The summed E-state index contributed by atoms with van der Waals surface area (Å²) in [4.78, 5) is 11.8. The van der Waals surface area contributed by atoms with E-state index in [4.69, 9.17) is 4.74 Å². The van der Waals surface area contributed by atoms with Crippen molar-refractivity contribution in [2.24, 2.45) is 0 Å². The number of ether oxygens (including phenoxy) is 1. The molecule has 0 radical (unpaired) electrons. The average Bonchev–Trinajstić information content (AvgIpc) is 2.29. The lowest BCUT2D eigenvalue weighted by molar-refractivity contribution is -0.118.